The van der Waals surface area contributed by atoms with Crippen LogP contribution in [0.1, 0.15) is 33.5 Å². The summed E-state index contributed by atoms with van der Waals surface area (Å²) in [6.45, 7) is 3.84. The lowest BCUT2D eigenvalue weighted by Crippen LogP contribution is -2.05. The van der Waals surface area contributed by atoms with Gasteiger partial charge in [-0.2, -0.15) is 5.26 Å². The number of hydrogen-bond acceptors (Lipinski definition) is 8. The average Bonchev–Trinajstić information content (AvgIpc) is 2.95. The minimum Gasteiger partial charge on any atom is -0.462 e. The second kappa shape index (κ2) is 7.72. The molecule has 2 N–H and O–H groups in total. The Morgan fingerprint density at radius 3 is 2.88 bits per heavy atom. The van der Waals surface area contributed by atoms with E-state index in [2.05, 4.69) is 16.0 Å². The number of anilines is 1. The molecule has 0 aliphatic heterocycles. The van der Waals surface area contributed by atoms with Gasteiger partial charge in [-0.05, 0) is 19.9 Å². The van der Waals surface area contributed by atoms with Crippen molar-refractivity contribution in [3.8, 4) is 6.07 Å². The number of nitrogens with two attached hydrogens (primary N) is 1. The van der Waals surface area contributed by atoms with Gasteiger partial charge in [0.1, 0.15) is 26.8 Å². The van der Waals surface area contributed by atoms with Crippen LogP contribution in [0.3, 0.4) is 0 Å². The fraction of sp³-hybridized carbons (Fsp3) is 0.222. The number of nitrogen functional groups attached to an aromatic ring is 1. The first-order valence-electron chi connectivity index (χ1n) is 7.89. The molecular weight excluding hydrogens is 368 g/mol. The maximum Gasteiger partial charge on any atom is 0.348 e. The topological polar surface area (TPSA) is 102 Å². The van der Waals surface area contributed by atoms with Crippen LogP contribution in [0.4, 0.5) is 5.00 Å². The van der Waals surface area contributed by atoms with Crippen LogP contribution in [0, 0.1) is 18.3 Å². The van der Waals surface area contributed by atoms with Gasteiger partial charge in [0.25, 0.3) is 0 Å². The van der Waals surface area contributed by atoms with Crippen LogP contribution in [0.2, 0.25) is 0 Å². The van der Waals surface area contributed by atoms with Crippen molar-refractivity contribution in [3.63, 3.8) is 0 Å². The van der Waals surface area contributed by atoms with Gasteiger partial charge in [0.2, 0.25) is 0 Å². The molecule has 6 nitrogen and oxygen atoms in total. The Balaban J connectivity index is 1.98. The minimum atomic E-state index is -0.454. The molecule has 8 heteroatoms. The van der Waals surface area contributed by atoms with Crippen LogP contribution < -0.4 is 5.73 Å². The van der Waals surface area contributed by atoms with Crippen molar-refractivity contribution in [1.29, 1.82) is 5.26 Å². The molecule has 0 atom stereocenters. The maximum absolute atomic E-state index is 12.2. The zero-order chi connectivity index (χ0) is 18.7. The third kappa shape index (κ3) is 3.49. The number of thiophene rings is 1. The second-order valence-electron chi connectivity index (χ2n) is 5.36. The summed E-state index contributed by atoms with van der Waals surface area (Å²) in [6.07, 6.45) is 0. The number of benzene rings is 1. The molecule has 2 aromatic heterocycles. The summed E-state index contributed by atoms with van der Waals surface area (Å²) in [5, 5.41) is 11.5. The molecular formula is C18H16N4O2S2. The molecule has 3 rings (SSSR count). The summed E-state index contributed by atoms with van der Waals surface area (Å²) in [4.78, 5) is 21.5. The maximum atomic E-state index is 12.2. The van der Waals surface area contributed by atoms with E-state index in [9.17, 15) is 10.1 Å². The Hall–Kier alpha value is -2.63. The third-order valence-electron chi connectivity index (χ3n) is 3.64. The molecule has 0 saturated heterocycles. The number of carbonyl (C=O) groups is 1. The number of thioether (sulfide) groups is 1. The molecule has 0 aliphatic rings. The highest BCUT2D eigenvalue weighted by Gasteiger charge is 2.23. The first kappa shape index (κ1) is 18.2. The van der Waals surface area contributed by atoms with E-state index in [1.807, 2.05) is 31.2 Å². The lowest BCUT2D eigenvalue weighted by molar-refractivity contribution is 0.0531. The number of aryl methyl sites for hydroxylation is 1. The molecule has 0 amide bonds. The van der Waals surface area contributed by atoms with E-state index >= 15 is 0 Å². The number of aromatic nitrogens is 2. The van der Waals surface area contributed by atoms with E-state index < -0.39 is 5.97 Å². The van der Waals surface area contributed by atoms with Crippen molar-refractivity contribution in [2.75, 3.05) is 12.3 Å². The van der Waals surface area contributed by atoms with Gasteiger partial charge in [0, 0.05) is 16.7 Å². The van der Waals surface area contributed by atoms with E-state index in [1.54, 1.807) is 6.92 Å². The van der Waals surface area contributed by atoms with Crippen molar-refractivity contribution >= 4 is 45.0 Å². The highest BCUT2D eigenvalue weighted by Crippen LogP contribution is 2.36. The van der Waals surface area contributed by atoms with Crippen LogP contribution >= 0.6 is 23.1 Å². The summed E-state index contributed by atoms with van der Waals surface area (Å²) in [5.41, 5.74) is 7.71. The standard InChI is InChI=1S/C18H16N4O2S2/c1-3-24-18(23)15-13(12(8-19)16(20)26-15)9-25-17-11-6-4-5-7-14(11)21-10(2)22-17/h4-7H,3,9,20H2,1-2H3. The number of rotatable bonds is 5. The van der Waals surface area contributed by atoms with Gasteiger partial charge in [-0.3, -0.25) is 0 Å². The predicted octanol–water partition coefficient (Wildman–Crippen LogP) is 3.92. The second-order valence-corrected chi connectivity index (χ2v) is 7.38. The zero-order valence-electron chi connectivity index (χ0n) is 14.3. The molecule has 0 spiro atoms. The Kier molecular flexibility index (Phi) is 5.40. The highest BCUT2D eigenvalue weighted by atomic mass is 32.2. The van der Waals surface area contributed by atoms with Crippen LogP contribution in [-0.4, -0.2) is 22.5 Å². The molecule has 0 radical (unpaired) electrons. The van der Waals surface area contributed by atoms with E-state index in [4.69, 9.17) is 10.5 Å². The van der Waals surface area contributed by atoms with Gasteiger partial charge in [-0.25, -0.2) is 14.8 Å². The third-order valence-corrected chi connectivity index (χ3v) is 5.70. The Bertz CT molecular complexity index is 1020. The van der Waals surface area contributed by atoms with Gasteiger partial charge in [-0.1, -0.05) is 18.2 Å². The number of para-hydroxylation sites is 1. The monoisotopic (exact) mass is 384 g/mol. The summed E-state index contributed by atoms with van der Waals surface area (Å²) in [6, 6.07) is 9.84. The van der Waals surface area contributed by atoms with Gasteiger partial charge in [0.05, 0.1) is 17.7 Å². The molecule has 132 valence electrons. The van der Waals surface area contributed by atoms with Crippen LogP contribution in [0.15, 0.2) is 29.3 Å². The molecule has 0 fully saturated rings. The van der Waals surface area contributed by atoms with Crippen molar-refractivity contribution in [3.05, 3.63) is 46.1 Å². The van der Waals surface area contributed by atoms with Crippen LogP contribution in [-0.2, 0) is 10.5 Å². The SMILES string of the molecule is CCOC(=O)c1sc(N)c(C#N)c1CSc1nc(C)nc2ccccc12. The van der Waals surface area contributed by atoms with Crippen molar-refractivity contribution in [1.82, 2.24) is 9.97 Å². The molecule has 26 heavy (non-hydrogen) atoms. The summed E-state index contributed by atoms with van der Waals surface area (Å²) >= 11 is 2.54. The first-order valence-corrected chi connectivity index (χ1v) is 9.69. The summed E-state index contributed by atoms with van der Waals surface area (Å²) < 4.78 is 5.09. The van der Waals surface area contributed by atoms with Crippen molar-refractivity contribution in [2.24, 2.45) is 0 Å². The first-order chi connectivity index (χ1) is 12.5. The Morgan fingerprint density at radius 1 is 1.38 bits per heavy atom. The molecule has 0 aliphatic carbocycles. The minimum absolute atomic E-state index is 0.265. The highest BCUT2D eigenvalue weighted by molar-refractivity contribution is 7.98. The van der Waals surface area contributed by atoms with Crippen molar-refractivity contribution in [2.45, 2.75) is 24.6 Å². The predicted molar refractivity (Wildman–Crippen MR) is 103 cm³/mol. The fourth-order valence-electron chi connectivity index (χ4n) is 2.52. The number of carbonyl (C=O) groups excluding carboxylic acids is 1. The van der Waals surface area contributed by atoms with Gasteiger partial charge in [0.15, 0.2) is 0 Å². The van der Waals surface area contributed by atoms with Gasteiger partial charge < -0.3 is 10.5 Å². The van der Waals surface area contributed by atoms with Gasteiger partial charge in [-0.15, -0.1) is 23.1 Å². The fourth-order valence-corrected chi connectivity index (χ4v) is 4.63. The Labute approximate surface area is 159 Å². The molecule has 0 bridgehead atoms. The lowest BCUT2D eigenvalue weighted by atomic mass is 10.2. The zero-order valence-corrected chi connectivity index (χ0v) is 15.9. The molecule has 0 saturated carbocycles. The molecule has 0 unspecified atom stereocenters. The Morgan fingerprint density at radius 2 is 2.15 bits per heavy atom. The molecule has 2 heterocycles. The molecule has 1 aromatic carbocycles. The normalized spacial score (nSPS) is 10.7. The smallest absolute Gasteiger partial charge is 0.348 e. The number of hydrogen-bond donors (Lipinski definition) is 1. The number of ether oxygens (including phenoxy) is 1. The number of esters is 1. The van der Waals surface area contributed by atoms with E-state index in [1.165, 1.54) is 11.8 Å². The van der Waals surface area contributed by atoms with Crippen LogP contribution in [0.25, 0.3) is 10.9 Å². The number of fused-ring (bicyclic) bond motifs is 1. The van der Waals surface area contributed by atoms with Crippen LogP contribution in [0.5, 0.6) is 0 Å². The quantitative estimate of drug-likeness (QED) is 0.404. The largest absolute Gasteiger partial charge is 0.462 e. The lowest BCUT2D eigenvalue weighted by Gasteiger charge is -2.07. The summed E-state index contributed by atoms with van der Waals surface area (Å²) in [7, 11) is 0. The van der Waals surface area contributed by atoms with E-state index in [0.717, 1.165) is 27.3 Å². The summed E-state index contributed by atoms with van der Waals surface area (Å²) in [5.74, 6) is 0.609. The van der Waals surface area contributed by atoms with E-state index in [0.29, 0.717) is 32.6 Å². The molecule has 3 aromatic rings. The van der Waals surface area contributed by atoms with Crippen molar-refractivity contribution < 1.29 is 9.53 Å². The number of nitrogens with zero attached hydrogens (tertiary/aromatic N) is 3. The average molecular weight is 384 g/mol. The number of nitriles is 1. The van der Waals surface area contributed by atoms with Gasteiger partial charge >= 0.3 is 5.97 Å². The van der Waals surface area contributed by atoms with E-state index in [-0.39, 0.29) is 6.61 Å².